The van der Waals surface area contributed by atoms with Crippen molar-refractivity contribution in [3.05, 3.63) is 47.5 Å². The molecule has 28 nitrogen and oxygen atoms in total. The van der Waals surface area contributed by atoms with E-state index in [4.69, 9.17) is 5.11 Å². The fraction of sp³-hybridized carbons (Fsp3) is 0.355. The van der Waals surface area contributed by atoms with E-state index < -0.39 is 100 Å². The molecule has 0 aliphatic rings. The van der Waals surface area contributed by atoms with Crippen LogP contribution in [0.3, 0.4) is 0 Å². The van der Waals surface area contributed by atoms with E-state index in [-0.39, 0.29) is 277 Å². The number of anilines is 8. The van der Waals surface area contributed by atoms with Crippen LogP contribution in [-0.2, 0) is 40.5 Å². The van der Waals surface area contributed by atoms with Crippen LogP contribution in [0.25, 0.3) is 12.2 Å². The van der Waals surface area contributed by atoms with E-state index >= 15 is 0 Å². The van der Waals surface area contributed by atoms with Gasteiger partial charge < -0.3 is 70.1 Å². The van der Waals surface area contributed by atoms with Crippen LogP contribution in [-0.4, -0.2) is 172 Å². The van der Waals surface area contributed by atoms with E-state index in [2.05, 4.69) is 56.5 Å². The van der Waals surface area contributed by atoms with Crippen LogP contribution in [0.4, 0.5) is 47.1 Å². The molecule has 67 heavy (non-hydrogen) atoms. The Morgan fingerprint density at radius 2 is 0.955 bits per heavy atom. The minimum Gasteiger partial charge on any atom is -0.748 e. The minimum absolute atomic E-state index is 0. The maximum atomic E-state index is 12.4. The quantitative estimate of drug-likeness (QED) is 0.0179. The predicted octanol–water partition coefficient (Wildman–Crippen LogP) is -15.0. The summed E-state index contributed by atoms with van der Waals surface area (Å²) >= 11 is 0. The van der Waals surface area contributed by atoms with Gasteiger partial charge in [0.15, 0.2) is 0 Å². The van der Waals surface area contributed by atoms with E-state index in [0.717, 1.165) is 36.4 Å². The van der Waals surface area contributed by atoms with Gasteiger partial charge >= 0.3 is 206 Å². The van der Waals surface area contributed by atoms with Gasteiger partial charge in [0, 0.05) is 44.6 Å². The number of likely N-dealkylation sites (N-methyl/N-ethyl adjacent to an activating group) is 1. The Morgan fingerprint density at radius 3 is 1.36 bits per heavy atom. The Balaban J connectivity index is 0.0000109. The number of aliphatic hydroxyl groups is 4. The third-order valence-corrected chi connectivity index (χ3v) is 11.0. The zero-order valence-electron chi connectivity index (χ0n) is 36.4. The standard InChI is InChI=1S/C31H42N12O16S4.4K/c1-43(15-23(47)17-45)31-41-27(33-9-11-61(51,52)53)39-30(42-31)36-21-7-5-19(25(13-21)63(57,58)59)3-2-18-4-6-20(12-24(18)62(54,55)56)35-29-38-26(32-8-10-60(48,49)50)37-28(40-29)34-14-22(46)16-44;;;;/h2-7,12-13,22-23,44-47H,8-11,14-17H2,1H3,(H,48,49,50)(H,51,52,53)(H,54,55,56)(H,57,58,59)(H2,33,36,39,41,42)(H3,32,34,35,37,38,40);;;;/q;4*+1/p-4. The Morgan fingerprint density at radius 1 is 0.582 bits per heavy atom. The molecule has 0 spiro atoms. The van der Waals surface area contributed by atoms with Gasteiger partial charge in [0.05, 0.1) is 67.0 Å². The molecule has 0 radical (unpaired) electrons. The van der Waals surface area contributed by atoms with Crippen molar-refractivity contribution in [3.63, 3.8) is 0 Å². The Kier molecular flexibility index (Phi) is 31.5. The molecule has 2 aromatic heterocycles. The van der Waals surface area contributed by atoms with Gasteiger partial charge in [-0.05, 0) is 35.4 Å². The normalized spacial score (nSPS) is 12.6. The molecule has 2 unspecified atom stereocenters. The number of hydrogen-bond acceptors (Lipinski definition) is 28. The van der Waals surface area contributed by atoms with Gasteiger partial charge in [0.25, 0.3) is 0 Å². The molecule has 0 bridgehead atoms. The van der Waals surface area contributed by atoms with Gasteiger partial charge in [-0.2, -0.15) is 29.9 Å². The Labute approximate surface area is 555 Å². The Bertz CT molecular complexity index is 2750. The zero-order chi connectivity index (χ0) is 46.8. The van der Waals surface area contributed by atoms with E-state index in [0.29, 0.717) is 0 Å². The van der Waals surface area contributed by atoms with Crippen LogP contribution in [0.15, 0.2) is 46.2 Å². The number of nitrogens with zero attached hydrogens (tertiary/aromatic N) is 7. The van der Waals surface area contributed by atoms with Gasteiger partial charge in [0.2, 0.25) is 35.7 Å². The van der Waals surface area contributed by atoms with Crippen LogP contribution in [0, 0.1) is 0 Å². The van der Waals surface area contributed by atoms with Crippen molar-refractivity contribution < 1.29 is 278 Å². The molecule has 0 aliphatic carbocycles. The third kappa shape index (κ3) is 24.7. The summed E-state index contributed by atoms with van der Waals surface area (Å²) in [4.78, 5) is 23.9. The number of aliphatic hydroxyl groups excluding tert-OH is 4. The summed E-state index contributed by atoms with van der Waals surface area (Å²) in [6.07, 6.45) is -0.422. The molecule has 346 valence electrons. The molecule has 9 N–H and O–H groups in total. The van der Waals surface area contributed by atoms with Gasteiger partial charge in [-0.3, -0.25) is 0 Å². The van der Waals surface area contributed by atoms with Gasteiger partial charge in [-0.25, -0.2) is 33.7 Å². The molecule has 2 aromatic carbocycles. The van der Waals surface area contributed by atoms with Crippen molar-refractivity contribution in [2.24, 2.45) is 0 Å². The fourth-order valence-corrected chi connectivity index (χ4v) is 7.03. The van der Waals surface area contributed by atoms with E-state index in [1.165, 1.54) is 24.1 Å². The van der Waals surface area contributed by atoms with Crippen molar-refractivity contribution in [3.8, 4) is 0 Å². The monoisotopic (exact) mass is 1120 g/mol. The van der Waals surface area contributed by atoms with Gasteiger partial charge in [0.1, 0.15) is 20.2 Å². The summed E-state index contributed by atoms with van der Waals surface area (Å²) in [6, 6.07) is 6.54. The maximum Gasteiger partial charge on any atom is 1.00 e. The van der Waals surface area contributed by atoms with Gasteiger partial charge in [-0.1, -0.05) is 24.3 Å². The van der Waals surface area contributed by atoms with Crippen LogP contribution in [0.2, 0.25) is 0 Å². The molecule has 0 fully saturated rings. The molecule has 2 atom stereocenters. The minimum atomic E-state index is -5.28. The summed E-state index contributed by atoms with van der Waals surface area (Å²) in [5.74, 6) is -3.25. The molecule has 2 heterocycles. The molecular formula is C31H38K4N12O16S4. The molecule has 0 saturated carbocycles. The molecule has 4 rings (SSSR count). The molecule has 0 amide bonds. The largest absolute Gasteiger partial charge is 1.00 e. The number of nitrogens with one attached hydrogen (secondary N) is 5. The summed E-state index contributed by atoms with van der Waals surface area (Å²) < 4.78 is 141. The molecule has 36 heteroatoms. The second kappa shape index (κ2) is 31.0. The number of aromatic nitrogens is 6. The molecule has 0 aliphatic heterocycles. The average molecular weight is 1120 g/mol. The second-order valence-corrected chi connectivity index (χ2v) is 18.6. The molecule has 4 aromatic rings. The number of rotatable bonds is 24. The summed E-state index contributed by atoms with van der Waals surface area (Å²) in [6.45, 7) is -2.57. The average Bonchev–Trinajstić information content (AvgIpc) is 3.17. The predicted molar refractivity (Wildman–Crippen MR) is 218 cm³/mol. The van der Waals surface area contributed by atoms with E-state index in [1.54, 1.807) is 0 Å². The number of hydrogen-bond donors (Lipinski definition) is 9. The van der Waals surface area contributed by atoms with E-state index in [9.17, 15) is 67.2 Å². The van der Waals surface area contributed by atoms with Crippen molar-refractivity contribution >= 4 is 99.7 Å². The first-order chi connectivity index (χ1) is 29.3. The molecular weight excluding hydrogens is 1080 g/mol. The SMILES string of the molecule is CN(CC(O)CO)c1nc(NCCS(=O)(=O)[O-])nc(Nc2ccc(C=Cc3ccc(Nc4nc(NCCS(=O)(=O)[O-])nc(NCC(O)CO)n4)cc3S(=O)(=O)[O-])c(S(=O)(=O)[O-])c2)n1.[K+].[K+].[K+].[K+]. The van der Waals surface area contributed by atoms with Crippen LogP contribution < -0.4 is 237 Å². The zero-order valence-corrected chi connectivity index (χ0v) is 52.1. The number of benzene rings is 2. The van der Waals surface area contributed by atoms with E-state index in [1.807, 2.05) is 0 Å². The fourth-order valence-electron chi connectivity index (χ4n) is 4.94. The van der Waals surface area contributed by atoms with Crippen molar-refractivity contribution in [1.82, 2.24) is 29.9 Å². The summed E-state index contributed by atoms with van der Waals surface area (Å²) in [7, 11) is -18.4. The van der Waals surface area contributed by atoms with Crippen LogP contribution in [0.5, 0.6) is 0 Å². The van der Waals surface area contributed by atoms with Crippen molar-refractivity contribution in [2.75, 3.05) is 89.4 Å². The first kappa shape index (κ1) is 68.0. The first-order valence-electron chi connectivity index (χ1n) is 17.6. The van der Waals surface area contributed by atoms with Crippen LogP contribution >= 0.6 is 0 Å². The van der Waals surface area contributed by atoms with Crippen LogP contribution in [0.1, 0.15) is 11.1 Å². The Hall–Kier alpha value is 1.03. The third-order valence-electron chi connectivity index (χ3n) is 7.79. The first-order valence-corrected chi connectivity index (χ1v) is 23.6. The van der Waals surface area contributed by atoms with Gasteiger partial charge in [-0.15, -0.1) is 0 Å². The second-order valence-electron chi connectivity index (χ2n) is 12.9. The smallest absolute Gasteiger partial charge is 0.748 e. The maximum absolute atomic E-state index is 12.4. The van der Waals surface area contributed by atoms with Crippen molar-refractivity contribution in [1.29, 1.82) is 0 Å². The summed E-state index contributed by atoms with van der Waals surface area (Å²) in [5.41, 5.74) is -0.754. The van der Waals surface area contributed by atoms with Crippen molar-refractivity contribution in [2.45, 2.75) is 22.0 Å². The molecule has 0 saturated heterocycles. The summed E-state index contributed by atoms with van der Waals surface area (Å²) in [5, 5.41) is 50.8. The topological polar surface area (TPSA) is 450 Å².